The lowest BCUT2D eigenvalue weighted by molar-refractivity contribution is -0.143. The van der Waals surface area contributed by atoms with E-state index in [0.29, 0.717) is 16.8 Å². The Labute approximate surface area is 192 Å². The van der Waals surface area contributed by atoms with E-state index in [1.54, 1.807) is 48.5 Å². The number of carbonyl (C=O) groups is 3. The lowest BCUT2D eigenvalue weighted by Gasteiger charge is -2.19. The molecule has 2 aromatic carbocycles. The molecule has 7 nitrogen and oxygen atoms in total. The summed E-state index contributed by atoms with van der Waals surface area (Å²) < 4.78 is 38.0. The Morgan fingerprint density at radius 3 is 2.48 bits per heavy atom. The number of fused-ring (bicyclic) bond motifs is 1. The average molecular weight is 481 g/mol. The van der Waals surface area contributed by atoms with E-state index in [2.05, 4.69) is 15.6 Å². The van der Waals surface area contributed by atoms with Crippen LogP contribution < -0.4 is 16.4 Å². The molecule has 2 atom stereocenters. The monoisotopic (exact) mass is 480 g/mol. The quantitative estimate of drug-likeness (QED) is 0.564. The minimum atomic E-state index is -4.52. The second-order valence-electron chi connectivity index (χ2n) is 7.43. The van der Waals surface area contributed by atoms with Gasteiger partial charge in [-0.3, -0.25) is 14.4 Å². The summed E-state index contributed by atoms with van der Waals surface area (Å²) in [5.74, 6) is -3.99. The third-order valence-electron chi connectivity index (χ3n) is 4.94. The Morgan fingerprint density at radius 2 is 1.85 bits per heavy atom. The van der Waals surface area contributed by atoms with Crippen LogP contribution in [0.15, 0.2) is 53.5 Å². The zero-order valence-electron chi connectivity index (χ0n) is 17.2. The van der Waals surface area contributed by atoms with Crippen molar-refractivity contribution in [3.8, 4) is 0 Å². The van der Waals surface area contributed by atoms with Gasteiger partial charge < -0.3 is 16.4 Å². The normalized spacial score (nSPS) is 16.7. The lowest BCUT2D eigenvalue weighted by Crippen LogP contribution is -2.45. The molecule has 174 valence electrons. The number of para-hydroxylation sites is 1. The number of amides is 3. The highest BCUT2D eigenvalue weighted by Crippen LogP contribution is 2.31. The molecule has 0 saturated carbocycles. The fourth-order valence-electron chi connectivity index (χ4n) is 3.38. The molecule has 3 rings (SSSR count). The van der Waals surface area contributed by atoms with Crippen LogP contribution in [-0.2, 0) is 14.4 Å². The number of nitrogens with two attached hydrogens (primary N) is 1. The fraction of sp³-hybridized carbons (Fsp3) is 0.273. The van der Waals surface area contributed by atoms with Crippen LogP contribution in [0.3, 0.4) is 0 Å². The van der Waals surface area contributed by atoms with Crippen molar-refractivity contribution < 1.29 is 27.6 Å². The molecule has 0 aromatic heterocycles. The molecule has 0 unspecified atom stereocenters. The fourth-order valence-corrected chi connectivity index (χ4v) is 3.60. The van der Waals surface area contributed by atoms with Crippen molar-refractivity contribution in [3.05, 3.63) is 64.7 Å². The van der Waals surface area contributed by atoms with Crippen molar-refractivity contribution in [1.29, 1.82) is 0 Å². The van der Waals surface area contributed by atoms with Crippen molar-refractivity contribution in [3.63, 3.8) is 0 Å². The minimum absolute atomic E-state index is 0.244. The number of rotatable bonds is 7. The Morgan fingerprint density at radius 1 is 1.15 bits per heavy atom. The highest BCUT2D eigenvalue weighted by atomic mass is 35.5. The van der Waals surface area contributed by atoms with Crippen molar-refractivity contribution >= 4 is 40.7 Å². The van der Waals surface area contributed by atoms with Crippen molar-refractivity contribution in [2.75, 3.05) is 5.32 Å². The molecule has 1 aliphatic rings. The maximum atomic E-state index is 12.8. The predicted octanol–water partition coefficient (Wildman–Crippen LogP) is 3.41. The maximum Gasteiger partial charge on any atom is 0.389 e. The molecule has 33 heavy (non-hydrogen) atoms. The number of primary amides is 1. The molecule has 0 aliphatic carbocycles. The van der Waals surface area contributed by atoms with Crippen LogP contribution in [-0.4, -0.2) is 35.8 Å². The molecular formula is C22H20ClF3N4O3. The van der Waals surface area contributed by atoms with Crippen molar-refractivity contribution in [2.24, 2.45) is 16.6 Å². The van der Waals surface area contributed by atoms with Gasteiger partial charge >= 0.3 is 6.18 Å². The zero-order chi connectivity index (χ0) is 24.2. The van der Waals surface area contributed by atoms with Crippen LogP contribution in [0, 0.1) is 5.92 Å². The maximum absolute atomic E-state index is 12.8. The number of alkyl halides is 3. The summed E-state index contributed by atoms with van der Waals surface area (Å²) in [6, 6.07) is 13.7. The molecular weight excluding hydrogens is 461 g/mol. The van der Waals surface area contributed by atoms with Gasteiger partial charge in [0.05, 0.1) is 16.4 Å². The molecule has 0 bridgehead atoms. The van der Waals surface area contributed by atoms with Crippen LogP contribution in [0.5, 0.6) is 0 Å². The number of benzene rings is 2. The molecule has 0 fully saturated rings. The average Bonchev–Trinajstić information content (AvgIpc) is 2.88. The van der Waals surface area contributed by atoms with E-state index in [4.69, 9.17) is 17.3 Å². The number of halogens is 4. The largest absolute Gasteiger partial charge is 0.389 e. The van der Waals surface area contributed by atoms with Gasteiger partial charge in [-0.25, -0.2) is 4.99 Å². The van der Waals surface area contributed by atoms with E-state index in [1.165, 1.54) is 0 Å². The van der Waals surface area contributed by atoms with Gasteiger partial charge in [-0.2, -0.15) is 13.2 Å². The smallest absolute Gasteiger partial charge is 0.370 e. The first-order valence-electron chi connectivity index (χ1n) is 9.93. The molecule has 1 aliphatic heterocycles. The van der Waals surface area contributed by atoms with Gasteiger partial charge in [0, 0.05) is 29.9 Å². The number of benzodiazepines with no additional fused rings is 1. The number of aliphatic imine (C=N–C) groups is 1. The van der Waals surface area contributed by atoms with E-state index in [0.717, 1.165) is 0 Å². The summed E-state index contributed by atoms with van der Waals surface area (Å²) in [5.41, 5.74) is 6.87. The topological polar surface area (TPSA) is 114 Å². The minimum Gasteiger partial charge on any atom is -0.370 e. The van der Waals surface area contributed by atoms with Gasteiger partial charge in [-0.15, -0.1) is 0 Å². The SMILES string of the molecule is NC(=O)C[C@@H](CCC(F)(F)F)C(=O)N[C@H]1N=C(c2ccccc2)c2cccc(Cl)c2NC1=O. The molecule has 1 heterocycles. The number of hydrogen-bond donors (Lipinski definition) is 3. The summed E-state index contributed by atoms with van der Waals surface area (Å²) in [4.78, 5) is 41.3. The summed E-state index contributed by atoms with van der Waals surface area (Å²) in [6.07, 6.45) is -8.54. The van der Waals surface area contributed by atoms with Gasteiger partial charge in [0.1, 0.15) is 0 Å². The first-order chi connectivity index (χ1) is 15.5. The molecule has 3 amide bonds. The van der Waals surface area contributed by atoms with E-state index in [9.17, 15) is 27.6 Å². The van der Waals surface area contributed by atoms with E-state index in [1.807, 2.05) is 0 Å². The van der Waals surface area contributed by atoms with Gasteiger partial charge in [-0.1, -0.05) is 54.1 Å². The van der Waals surface area contributed by atoms with Crippen LogP contribution in [0.4, 0.5) is 18.9 Å². The lowest BCUT2D eigenvalue weighted by atomic mass is 9.97. The van der Waals surface area contributed by atoms with Gasteiger partial charge in [0.2, 0.25) is 18.0 Å². The number of anilines is 1. The molecule has 0 spiro atoms. The van der Waals surface area contributed by atoms with Crippen LogP contribution in [0.2, 0.25) is 5.02 Å². The second-order valence-corrected chi connectivity index (χ2v) is 7.83. The first-order valence-corrected chi connectivity index (χ1v) is 10.3. The third kappa shape index (κ3) is 6.32. The van der Waals surface area contributed by atoms with Crippen LogP contribution in [0.25, 0.3) is 0 Å². The number of nitrogens with one attached hydrogen (secondary N) is 2. The number of carbonyl (C=O) groups excluding carboxylic acids is 3. The molecule has 0 saturated heterocycles. The Bertz CT molecular complexity index is 1090. The second kappa shape index (κ2) is 10.0. The highest BCUT2D eigenvalue weighted by Gasteiger charge is 2.34. The summed E-state index contributed by atoms with van der Waals surface area (Å²) in [5, 5.41) is 5.20. The molecule has 0 radical (unpaired) electrons. The zero-order valence-corrected chi connectivity index (χ0v) is 17.9. The van der Waals surface area contributed by atoms with Crippen molar-refractivity contribution in [1.82, 2.24) is 5.32 Å². The van der Waals surface area contributed by atoms with Gasteiger partial charge in [0.25, 0.3) is 5.91 Å². The summed E-state index contributed by atoms with van der Waals surface area (Å²) in [6.45, 7) is 0. The Balaban J connectivity index is 1.95. The Hall–Kier alpha value is -3.40. The first kappa shape index (κ1) is 24.2. The number of nitrogens with zero attached hydrogens (tertiary/aromatic N) is 1. The molecule has 2 aromatic rings. The highest BCUT2D eigenvalue weighted by molar-refractivity contribution is 6.36. The molecule has 11 heteroatoms. The van der Waals surface area contributed by atoms with Gasteiger partial charge in [-0.05, 0) is 12.5 Å². The van der Waals surface area contributed by atoms with Crippen LogP contribution >= 0.6 is 11.6 Å². The molecule has 4 N–H and O–H groups in total. The summed E-state index contributed by atoms with van der Waals surface area (Å²) >= 11 is 6.26. The van der Waals surface area contributed by atoms with Crippen molar-refractivity contribution in [2.45, 2.75) is 31.6 Å². The van der Waals surface area contributed by atoms with Gasteiger partial charge in [0.15, 0.2) is 0 Å². The summed E-state index contributed by atoms with van der Waals surface area (Å²) in [7, 11) is 0. The predicted molar refractivity (Wildman–Crippen MR) is 117 cm³/mol. The van der Waals surface area contributed by atoms with Crippen LogP contribution in [0.1, 0.15) is 30.4 Å². The Kier molecular flexibility index (Phi) is 7.37. The third-order valence-corrected chi connectivity index (χ3v) is 5.26. The van der Waals surface area contributed by atoms with E-state index in [-0.39, 0.29) is 10.7 Å². The van der Waals surface area contributed by atoms with E-state index >= 15 is 0 Å². The number of hydrogen-bond acceptors (Lipinski definition) is 4. The standard InChI is InChI=1S/C22H20ClF3N4O3/c23-15-8-4-7-14-17(12-5-2-1-3-6-12)28-19(21(33)29-18(14)15)30-20(32)13(11-16(27)31)9-10-22(24,25)26/h1-8,13,19H,9-11H2,(H2,27,31)(H,29,33)(H,30,32)/t13-,19-/m1/s1. The van der Waals surface area contributed by atoms with E-state index < -0.39 is 55.2 Å².